The fraction of sp³-hybridized carbons (Fsp3) is 0.182. The van der Waals surface area contributed by atoms with Gasteiger partial charge in [0.1, 0.15) is 17.5 Å². The molecule has 30 heavy (non-hydrogen) atoms. The SMILES string of the molecule is CC(C)(C)n1nc(Oc2cccc(Cl)c2)c2c(NC(=O)c3ccccc3)ncnc21. The zero-order valence-corrected chi connectivity index (χ0v) is 17.5. The summed E-state index contributed by atoms with van der Waals surface area (Å²) in [6, 6.07) is 15.9. The third-order valence-electron chi connectivity index (χ3n) is 4.35. The first-order valence-corrected chi connectivity index (χ1v) is 9.75. The van der Waals surface area contributed by atoms with Crippen molar-refractivity contribution >= 4 is 34.4 Å². The molecule has 0 saturated heterocycles. The molecule has 2 aromatic carbocycles. The minimum absolute atomic E-state index is 0.283. The molecule has 1 amide bonds. The molecule has 2 aromatic heterocycles. The molecule has 4 aromatic rings. The topological polar surface area (TPSA) is 81.9 Å². The first kappa shape index (κ1) is 19.8. The van der Waals surface area contributed by atoms with E-state index in [1.807, 2.05) is 26.8 Å². The fourth-order valence-electron chi connectivity index (χ4n) is 2.97. The molecule has 0 atom stereocenters. The van der Waals surface area contributed by atoms with Gasteiger partial charge in [-0.1, -0.05) is 35.9 Å². The molecule has 152 valence electrons. The van der Waals surface area contributed by atoms with Gasteiger partial charge in [-0.15, -0.1) is 5.10 Å². The van der Waals surface area contributed by atoms with E-state index in [9.17, 15) is 4.79 Å². The molecule has 1 N–H and O–H groups in total. The highest BCUT2D eigenvalue weighted by Gasteiger charge is 2.26. The van der Waals surface area contributed by atoms with E-state index in [2.05, 4.69) is 20.4 Å². The molecular weight excluding hydrogens is 402 g/mol. The Morgan fingerprint density at radius 1 is 1.07 bits per heavy atom. The second-order valence-electron chi connectivity index (χ2n) is 7.69. The van der Waals surface area contributed by atoms with Crippen molar-refractivity contribution in [2.45, 2.75) is 26.3 Å². The van der Waals surface area contributed by atoms with E-state index < -0.39 is 0 Å². The Morgan fingerprint density at radius 3 is 2.53 bits per heavy atom. The zero-order valence-electron chi connectivity index (χ0n) is 16.8. The van der Waals surface area contributed by atoms with E-state index >= 15 is 0 Å². The maximum atomic E-state index is 12.7. The van der Waals surface area contributed by atoms with Gasteiger partial charge in [-0.3, -0.25) is 4.79 Å². The van der Waals surface area contributed by atoms with Crippen molar-refractivity contribution in [2.24, 2.45) is 0 Å². The van der Waals surface area contributed by atoms with E-state index in [4.69, 9.17) is 16.3 Å². The van der Waals surface area contributed by atoms with Crippen LogP contribution in [0.5, 0.6) is 11.6 Å². The number of carbonyl (C=O) groups is 1. The molecule has 0 aliphatic carbocycles. The van der Waals surface area contributed by atoms with Crippen molar-refractivity contribution < 1.29 is 9.53 Å². The lowest BCUT2D eigenvalue weighted by atomic mass is 10.1. The lowest BCUT2D eigenvalue weighted by molar-refractivity contribution is 0.102. The highest BCUT2D eigenvalue weighted by Crippen LogP contribution is 2.35. The number of anilines is 1. The average molecular weight is 422 g/mol. The number of fused-ring (bicyclic) bond motifs is 1. The standard InChI is InChI=1S/C22H20ClN5O2/c1-22(2,3)28-19-17(21(27-28)30-16-11-7-10-15(23)12-16)18(24-13-25-19)26-20(29)14-8-5-4-6-9-14/h4-13H,1-3H3,(H,24,25,26,29). The van der Waals surface area contributed by atoms with Crippen LogP contribution >= 0.6 is 11.6 Å². The molecule has 4 rings (SSSR count). The number of nitrogens with zero attached hydrogens (tertiary/aromatic N) is 4. The number of carbonyl (C=O) groups excluding carboxylic acids is 1. The van der Waals surface area contributed by atoms with Gasteiger partial charge in [0, 0.05) is 10.6 Å². The number of nitrogens with one attached hydrogen (secondary N) is 1. The minimum Gasteiger partial charge on any atom is -0.437 e. The zero-order chi connectivity index (χ0) is 21.3. The van der Waals surface area contributed by atoms with Crippen LogP contribution < -0.4 is 10.1 Å². The molecule has 0 saturated carbocycles. The summed E-state index contributed by atoms with van der Waals surface area (Å²) in [5.74, 6) is 0.840. The number of rotatable bonds is 4. The van der Waals surface area contributed by atoms with Crippen LogP contribution in [0.4, 0.5) is 5.82 Å². The Morgan fingerprint density at radius 2 is 1.83 bits per heavy atom. The van der Waals surface area contributed by atoms with Gasteiger partial charge in [0.2, 0.25) is 0 Å². The third kappa shape index (κ3) is 3.97. The molecule has 0 aliphatic rings. The second kappa shape index (κ2) is 7.76. The van der Waals surface area contributed by atoms with Gasteiger partial charge in [0.25, 0.3) is 11.8 Å². The predicted molar refractivity (Wildman–Crippen MR) is 116 cm³/mol. The summed E-state index contributed by atoms with van der Waals surface area (Å²) in [7, 11) is 0. The fourth-order valence-corrected chi connectivity index (χ4v) is 3.15. The van der Waals surface area contributed by atoms with Crippen molar-refractivity contribution in [2.75, 3.05) is 5.32 Å². The molecule has 7 nitrogen and oxygen atoms in total. The monoisotopic (exact) mass is 421 g/mol. The van der Waals surface area contributed by atoms with Crippen molar-refractivity contribution in [3.8, 4) is 11.6 Å². The average Bonchev–Trinajstić information content (AvgIpc) is 3.08. The summed E-state index contributed by atoms with van der Waals surface area (Å²) in [5, 5.41) is 8.53. The molecule has 0 fully saturated rings. The molecular formula is C22H20ClN5O2. The highest BCUT2D eigenvalue weighted by molar-refractivity contribution is 6.30. The number of hydrogen-bond donors (Lipinski definition) is 1. The summed E-state index contributed by atoms with van der Waals surface area (Å²) >= 11 is 6.09. The van der Waals surface area contributed by atoms with Crippen LogP contribution in [0.25, 0.3) is 11.0 Å². The van der Waals surface area contributed by atoms with Gasteiger partial charge in [0.05, 0.1) is 5.54 Å². The molecule has 0 radical (unpaired) electrons. The van der Waals surface area contributed by atoms with E-state index in [-0.39, 0.29) is 17.3 Å². The number of hydrogen-bond acceptors (Lipinski definition) is 5. The first-order chi connectivity index (χ1) is 14.3. The second-order valence-corrected chi connectivity index (χ2v) is 8.12. The van der Waals surface area contributed by atoms with Crippen LogP contribution in [0.1, 0.15) is 31.1 Å². The largest absolute Gasteiger partial charge is 0.437 e. The Bertz CT molecular complexity index is 1220. The van der Waals surface area contributed by atoms with Gasteiger partial charge in [-0.05, 0) is 51.1 Å². The first-order valence-electron chi connectivity index (χ1n) is 9.37. The van der Waals surface area contributed by atoms with E-state index in [1.165, 1.54) is 6.33 Å². The maximum Gasteiger partial charge on any atom is 0.256 e. The van der Waals surface area contributed by atoms with Crippen LogP contribution in [-0.4, -0.2) is 25.7 Å². The number of ether oxygens (including phenoxy) is 1. The van der Waals surface area contributed by atoms with E-state index in [0.29, 0.717) is 33.2 Å². The van der Waals surface area contributed by atoms with Gasteiger partial charge in [0.15, 0.2) is 11.5 Å². The lowest BCUT2D eigenvalue weighted by Crippen LogP contribution is -2.23. The summed E-state index contributed by atoms with van der Waals surface area (Å²) < 4.78 is 7.78. The molecule has 0 unspecified atom stereocenters. The van der Waals surface area contributed by atoms with E-state index in [0.717, 1.165) is 0 Å². The van der Waals surface area contributed by atoms with Crippen molar-refractivity contribution in [1.29, 1.82) is 0 Å². The van der Waals surface area contributed by atoms with Crippen LogP contribution in [0.2, 0.25) is 5.02 Å². The van der Waals surface area contributed by atoms with Gasteiger partial charge < -0.3 is 10.1 Å². The Labute approximate surface area is 178 Å². The highest BCUT2D eigenvalue weighted by atomic mass is 35.5. The van der Waals surface area contributed by atoms with Gasteiger partial charge >= 0.3 is 0 Å². The number of benzene rings is 2. The summed E-state index contributed by atoms with van der Waals surface area (Å²) in [6.07, 6.45) is 1.40. The molecule has 0 spiro atoms. The normalized spacial score (nSPS) is 11.5. The molecule has 0 aliphatic heterocycles. The molecule has 2 heterocycles. The minimum atomic E-state index is -0.372. The smallest absolute Gasteiger partial charge is 0.256 e. The number of aromatic nitrogens is 4. The van der Waals surface area contributed by atoms with E-state index in [1.54, 1.807) is 53.2 Å². The van der Waals surface area contributed by atoms with Crippen molar-refractivity contribution in [3.05, 3.63) is 71.5 Å². The molecule has 8 heteroatoms. The summed E-state index contributed by atoms with van der Waals surface area (Å²) in [6.45, 7) is 6.02. The molecule has 0 bridgehead atoms. The summed E-state index contributed by atoms with van der Waals surface area (Å²) in [4.78, 5) is 21.4. The van der Waals surface area contributed by atoms with Gasteiger partial charge in [-0.25, -0.2) is 14.6 Å². The van der Waals surface area contributed by atoms with Crippen LogP contribution in [0.3, 0.4) is 0 Å². The van der Waals surface area contributed by atoms with Crippen molar-refractivity contribution in [3.63, 3.8) is 0 Å². The van der Waals surface area contributed by atoms with Crippen LogP contribution in [0, 0.1) is 0 Å². The lowest BCUT2D eigenvalue weighted by Gasteiger charge is -2.19. The number of amides is 1. The Kier molecular flexibility index (Phi) is 5.13. The maximum absolute atomic E-state index is 12.7. The quantitative estimate of drug-likeness (QED) is 0.484. The van der Waals surface area contributed by atoms with Crippen LogP contribution in [0.15, 0.2) is 60.9 Å². The summed E-state index contributed by atoms with van der Waals surface area (Å²) in [5.41, 5.74) is 0.700. The van der Waals surface area contributed by atoms with Crippen molar-refractivity contribution in [1.82, 2.24) is 19.7 Å². The van der Waals surface area contributed by atoms with Crippen LogP contribution in [-0.2, 0) is 5.54 Å². The Hall–Kier alpha value is -3.45. The number of halogens is 1. The Balaban J connectivity index is 1.82. The third-order valence-corrected chi connectivity index (χ3v) is 4.58. The van der Waals surface area contributed by atoms with Gasteiger partial charge in [-0.2, -0.15) is 0 Å². The predicted octanol–water partition coefficient (Wildman–Crippen LogP) is 5.28.